The standard InChI is InChI=1S/C15H22FN3O3S/c1-10-12(3)19(9-8-17-10)15(20)11(2)18-23(21,22)14-7-5-4-6-13(14)16/h4-7,10-12,17-18H,8-9H2,1-3H3. The first kappa shape index (κ1) is 17.8. The molecule has 23 heavy (non-hydrogen) atoms. The SMILES string of the molecule is CC(NS(=O)(=O)c1ccccc1F)C(=O)N1CCNC(C)C1C. The number of nitrogens with one attached hydrogen (secondary N) is 2. The largest absolute Gasteiger partial charge is 0.336 e. The molecule has 0 bridgehead atoms. The third-order valence-electron chi connectivity index (χ3n) is 4.15. The Labute approximate surface area is 136 Å². The van der Waals surface area contributed by atoms with Gasteiger partial charge in [-0.2, -0.15) is 4.72 Å². The molecular weight excluding hydrogens is 321 g/mol. The van der Waals surface area contributed by atoms with E-state index in [0.29, 0.717) is 13.1 Å². The van der Waals surface area contributed by atoms with Crippen LogP contribution in [-0.2, 0) is 14.8 Å². The Morgan fingerprint density at radius 3 is 2.70 bits per heavy atom. The van der Waals surface area contributed by atoms with Crippen molar-refractivity contribution < 1.29 is 17.6 Å². The van der Waals surface area contributed by atoms with Crippen molar-refractivity contribution >= 4 is 15.9 Å². The number of hydrogen-bond donors (Lipinski definition) is 2. The molecule has 0 spiro atoms. The minimum atomic E-state index is -4.09. The van der Waals surface area contributed by atoms with Gasteiger partial charge in [0.2, 0.25) is 15.9 Å². The molecule has 0 aliphatic carbocycles. The van der Waals surface area contributed by atoms with Gasteiger partial charge in [0, 0.05) is 25.2 Å². The molecule has 0 aromatic heterocycles. The van der Waals surface area contributed by atoms with Crippen LogP contribution in [0.3, 0.4) is 0 Å². The summed E-state index contributed by atoms with van der Waals surface area (Å²) in [5.41, 5.74) is 0. The third kappa shape index (κ3) is 3.88. The summed E-state index contributed by atoms with van der Waals surface area (Å²) in [6, 6.07) is 4.20. The second-order valence-electron chi connectivity index (χ2n) is 5.79. The molecule has 6 nitrogen and oxygen atoms in total. The lowest BCUT2D eigenvalue weighted by molar-refractivity contribution is -0.136. The Morgan fingerprint density at radius 2 is 2.04 bits per heavy atom. The van der Waals surface area contributed by atoms with Gasteiger partial charge in [0.05, 0.1) is 6.04 Å². The van der Waals surface area contributed by atoms with Gasteiger partial charge in [-0.05, 0) is 32.9 Å². The van der Waals surface area contributed by atoms with Crippen molar-refractivity contribution in [1.29, 1.82) is 0 Å². The van der Waals surface area contributed by atoms with Crippen molar-refractivity contribution in [3.05, 3.63) is 30.1 Å². The summed E-state index contributed by atoms with van der Waals surface area (Å²) in [7, 11) is -4.09. The summed E-state index contributed by atoms with van der Waals surface area (Å²) in [6.45, 7) is 6.52. The molecular formula is C15H22FN3O3S. The number of nitrogens with zero attached hydrogens (tertiary/aromatic N) is 1. The average molecular weight is 343 g/mol. The van der Waals surface area contributed by atoms with Crippen LogP contribution in [0.25, 0.3) is 0 Å². The van der Waals surface area contributed by atoms with Gasteiger partial charge in [0.1, 0.15) is 10.7 Å². The molecule has 0 radical (unpaired) electrons. The van der Waals surface area contributed by atoms with Crippen molar-refractivity contribution in [2.24, 2.45) is 0 Å². The van der Waals surface area contributed by atoms with Gasteiger partial charge < -0.3 is 10.2 Å². The minimum Gasteiger partial charge on any atom is -0.336 e. The highest BCUT2D eigenvalue weighted by Gasteiger charge is 2.33. The predicted molar refractivity (Wildman–Crippen MR) is 84.8 cm³/mol. The van der Waals surface area contributed by atoms with E-state index < -0.39 is 26.8 Å². The second kappa shape index (κ2) is 6.94. The number of benzene rings is 1. The Morgan fingerprint density at radius 1 is 1.39 bits per heavy atom. The maximum Gasteiger partial charge on any atom is 0.244 e. The molecule has 1 aliphatic rings. The number of amides is 1. The third-order valence-corrected chi connectivity index (χ3v) is 5.72. The van der Waals surface area contributed by atoms with Gasteiger partial charge in [-0.15, -0.1) is 0 Å². The molecule has 128 valence electrons. The molecule has 1 amide bonds. The van der Waals surface area contributed by atoms with Crippen LogP contribution in [0.2, 0.25) is 0 Å². The number of piperazine rings is 1. The van der Waals surface area contributed by atoms with Gasteiger partial charge in [0.15, 0.2) is 0 Å². The molecule has 1 aromatic carbocycles. The van der Waals surface area contributed by atoms with Crippen molar-refractivity contribution in [1.82, 2.24) is 14.9 Å². The van der Waals surface area contributed by atoms with Crippen LogP contribution >= 0.6 is 0 Å². The van der Waals surface area contributed by atoms with E-state index in [1.807, 2.05) is 13.8 Å². The summed E-state index contributed by atoms with van der Waals surface area (Å²) >= 11 is 0. The zero-order chi connectivity index (χ0) is 17.2. The Balaban J connectivity index is 2.13. The van der Waals surface area contributed by atoms with Crippen molar-refractivity contribution in [3.63, 3.8) is 0 Å². The Kier molecular flexibility index (Phi) is 5.38. The Hall–Kier alpha value is -1.51. The number of hydrogen-bond acceptors (Lipinski definition) is 4. The lowest BCUT2D eigenvalue weighted by Gasteiger charge is -2.39. The van der Waals surface area contributed by atoms with E-state index in [2.05, 4.69) is 10.0 Å². The van der Waals surface area contributed by atoms with E-state index in [1.54, 1.807) is 4.90 Å². The second-order valence-corrected chi connectivity index (χ2v) is 7.47. The van der Waals surface area contributed by atoms with Gasteiger partial charge in [-0.3, -0.25) is 4.79 Å². The predicted octanol–water partition coefficient (Wildman–Crippen LogP) is 0.701. The summed E-state index contributed by atoms with van der Waals surface area (Å²) in [4.78, 5) is 13.7. The Bertz CT molecular complexity index is 680. The first-order chi connectivity index (χ1) is 10.7. The highest BCUT2D eigenvalue weighted by Crippen LogP contribution is 2.15. The maximum atomic E-state index is 13.7. The van der Waals surface area contributed by atoms with Crippen molar-refractivity contribution in [3.8, 4) is 0 Å². The van der Waals surface area contributed by atoms with E-state index in [1.165, 1.54) is 25.1 Å². The number of halogens is 1. The van der Waals surface area contributed by atoms with Gasteiger partial charge in [0.25, 0.3) is 0 Å². The van der Waals surface area contributed by atoms with Crippen molar-refractivity contribution in [2.75, 3.05) is 13.1 Å². The van der Waals surface area contributed by atoms with Gasteiger partial charge in [-0.25, -0.2) is 12.8 Å². The van der Waals surface area contributed by atoms with Crippen LogP contribution in [0.15, 0.2) is 29.2 Å². The average Bonchev–Trinajstić information content (AvgIpc) is 2.49. The summed E-state index contributed by atoms with van der Waals surface area (Å²) in [6.07, 6.45) is 0. The molecule has 1 fully saturated rings. The van der Waals surface area contributed by atoms with E-state index in [0.717, 1.165) is 6.07 Å². The number of carbonyl (C=O) groups excluding carboxylic acids is 1. The zero-order valence-electron chi connectivity index (χ0n) is 13.4. The smallest absolute Gasteiger partial charge is 0.244 e. The number of carbonyl (C=O) groups is 1. The van der Waals surface area contributed by atoms with E-state index in [9.17, 15) is 17.6 Å². The van der Waals surface area contributed by atoms with Gasteiger partial charge in [-0.1, -0.05) is 12.1 Å². The normalized spacial score (nSPS) is 23.6. The fourth-order valence-corrected chi connectivity index (χ4v) is 3.90. The molecule has 1 aromatic rings. The lowest BCUT2D eigenvalue weighted by Crippen LogP contribution is -2.60. The minimum absolute atomic E-state index is 0.0448. The number of sulfonamides is 1. The van der Waals surface area contributed by atoms with Crippen LogP contribution in [0.4, 0.5) is 4.39 Å². The molecule has 3 unspecified atom stereocenters. The first-order valence-electron chi connectivity index (χ1n) is 7.55. The summed E-state index contributed by atoms with van der Waals surface area (Å²) in [5.74, 6) is -1.16. The van der Waals surface area contributed by atoms with E-state index in [-0.39, 0.29) is 18.0 Å². The monoisotopic (exact) mass is 343 g/mol. The molecule has 2 rings (SSSR count). The molecule has 2 N–H and O–H groups in total. The van der Waals surface area contributed by atoms with E-state index >= 15 is 0 Å². The van der Waals surface area contributed by atoms with Crippen LogP contribution < -0.4 is 10.0 Å². The topological polar surface area (TPSA) is 78.5 Å². The van der Waals surface area contributed by atoms with Crippen molar-refractivity contribution in [2.45, 2.75) is 43.8 Å². The zero-order valence-corrected chi connectivity index (χ0v) is 14.2. The van der Waals surface area contributed by atoms with E-state index in [4.69, 9.17) is 0 Å². The fraction of sp³-hybridized carbons (Fsp3) is 0.533. The summed E-state index contributed by atoms with van der Waals surface area (Å²) in [5, 5.41) is 3.25. The summed E-state index contributed by atoms with van der Waals surface area (Å²) < 4.78 is 40.5. The lowest BCUT2D eigenvalue weighted by atomic mass is 10.1. The maximum absolute atomic E-state index is 13.7. The van der Waals surface area contributed by atoms with Crippen LogP contribution in [0, 0.1) is 5.82 Å². The fourth-order valence-electron chi connectivity index (χ4n) is 2.63. The molecule has 1 aliphatic heterocycles. The molecule has 3 atom stereocenters. The van der Waals surface area contributed by atoms with Crippen LogP contribution in [0.5, 0.6) is 0 Å². The van der Waals surface area contributed by atoms with Gasteiger partial charge >= 0.3 is 0 Å². The highest BCUT2D eigenvalue weighted by molar-refractivity contribution is 7.89. The number of rotatable bonds is 4. The molecule has 1 heterocycles. The quantitative estimate of drug-likeness (QED) is 0.844. The molecule has 0 saturated carbocycles. The van der Waals surface area contributed by atoms with Crippen LogP contribution in [0.1, 0.15) is 20.8 Å². The molecule has 8 heteroatoms. The highest BCUT2D eigenvalue weighted by atomic mass is 32.2. The first-order valence-corrected chi connectivity index (χ1v) is 9.03. The molecule has 1 saturated heterocycles. The van der Waals surface area contributed by atoms with Crippen LogP contribution in [-0.4, -0.2) is 50.4 Å².